The first kappa shape index (κ1) is 30.7. The molecule has 2 amide bonds. The molecule has 0 aliphatic carbocycles. The highest BCUT2D eigenvalue weighted by atomic mass is 32.2. The van der Waals surface area contributed by atoms with Crippen molar-refractivity contribution in [1.29, 1.82) is 0 Å². The van der Waals surface area contributed by atoms with Gasteiger partial charge in [0.1, 0.15) is 23.0 Å². The highest BCUT2D eigenvalue weighted by molar-refractivity contribution is 7.90. The quantitative estimate of drug-likeness (QED) is 0.192. The number of hydrogen-bond donors (Lipinski definition) is 2. The molecule has 3 rings (SSSR count). The molecule has 0 aliphatic rings. The number of carbonyl (C=O) groups is 2. The maximum absolute atomic E-state index is 13.0. The zero-order chi connectivity index (χ0) is 28.8. The van der Waals surface area contributed by atoms with Crippen molar-refractivity contribution in [1.82, 2.24) is 4.72 Å². The first-order valence-electron chi connectivity index (χ1n) is 13.6. The fourth-order valence-corrected chi connectivity index (χ4v) is 5.29. The number of amides is 2. The number of methoxy groups -OCH3 is 1. The fraction of sp³-hybridized carbons (Fsp3) is 0.355. The van der Waals surface area contributed by atoms with Crippen molar-refractivity contribution in [2.45, 2.75) is 69.8 Å². The van der Waals surface area contributed by atoms with Crippen molar-refractivity contribution in [2.24, 2.45) is 0 Å². The second kappa shape index (κ2) is 15.7. The minimum absolute atomic E-state index is 0.0771. The van der Waals surface area contributed by atoms with Gasteiger partial charge in [-0.15, -0.1) is 0 Å². The Morgan fingerprint density at radius 3 is 2.23 bits per heavy atom. The molecule has 214 valence electrons. The average Bonchev–Trinajstić information content (AvgIpc) is 2.96. The fourth-order valence-electron chi connectivity index (χ4n) is 4.11. The molecule has 0 bridgehead atoms. The van der Waals surface area contributed by atoms with Crippen LogP contribution in [0.15, 0.2) is 77.7 Å². The molecule has 9 heteroatoms. The summed E-state index contributed by atoms with van der Waals surface area (Å²) in [7, 11) is -2.57. The maximum atomic E-state index is 13.0. The lowest BCUT2D eigenvalue weighted by Gasteiger charge is -2.13. The van der Waals surface area contributed by atoms with Crippen LogP contribution in [0.25, 0.3) is 0 Å². The molecule has 40 heavy (non-hydrogen) atoms. The van der Waals surface area contributed by atoms with Gasteiger partial charge in [0.05, 0.1) is 12.8 Å². The van der Waals surface area contributed by atoms with Crippen molar-refractivity contribution >= 4 is 27.5 Å². The molecule has 0 unspecified atom stereocenters. The van der Waals surface area contributed by atoms with Crippen LogP contribution in [0.5, 0.6) is 11.5 Å². The number of sulfonamides is 1. The summed E-state index contributed by atoms with van der Waals surface area (Å²) in [5.41, 5.74) is 1.31. The largest absolute Gasteiger partial charge is 0.497 e. The maximum Gasteiger partial charge on any atom is 0.266 e. The Kier molecular flexibility index (Phi) is 12.0. The number of unbranched alkanes of at least 4 members (excludes halogenated alkanes) is 6. The van der Waals surface area contributed by atoms with Crippen LogP contribution in [-0.2, 0) is 21.4 Å². The van der Waals surface area contributed by atoms with Crippen LogP contribution in [0.4, 0.5) is 5.69 Å². The van der Waals surface area contributed by atoms with E-state index in [4.69, 9.17) is 9.47 Å². The summed E-state index contributed by atoms with van der Waals surface area (Å²) in [5.74, 6) is 0.169. The van der Waals surface area contributed by atoms with E-state index in [-0.39, 0.29) is 17.0 Å². The molecular weight excluding hydrogens is 528 g/mol. The minimum atomic E-state index is -4.17. The van der Waals surface area contributed by atoms with Crippen LogP contribution in [0.1, 0.15) is 74.2 Å². The molecular formula is C31H38N2O6S. The Labute approximate surface area is 237 Å². The highest BCUT2D eigenvalue weighted by Crippen LogP contribution is 2.23. The number of anilines is 1. The van der Waals surface area contributed by atoms with Gasteiger partial charge in [-0.25, -0.2) is 13.1 Å². The summed E-state index contributed by atoms with van der Waals surface area (Å²) in [4.78, 5) is 25.2. The van der Waals surface area contributed by atoms with Crippen molar-refractivity contribution in [3.8, 4) is 11.5 Å². The molecule has 3 aromatic rings. The Morgan fingerprint density at radius 2 is 1.50 bits per heavy atom. The number of hydrogen-bond acceptors (Lipinski definition) is 6. The Bertz CT molecular complexity index is 1360. The van der Waals surface area contributed by atoms with E-state index in [0.29, 0.717) is 24.3 Å². The van der Waals surface area contributed by atoms with Gasteiger partial charge in [-0.1, -0.05) is 75.8 Å². The lowest BCUT2D eigenvalue weighted by atomic mass is 10.1. The topological polar surface area (TPSA) is 111 Å². The van der Waals surface area contributed by atoms with E-state index < -0.39 is 21.8 Å². The second-order valence-corrected chi connectivity index (χ2v) is 11.2. The van der Waals surface area contributed by atoms with Crippen LogP contribution < -0.4 is 19.5 Å². The highest BCUT2D eigenvalue weighted by Gasteiger charge is 2.22. The van der Waals surface area contributed by atoms with Gasteiger partial charge >= 0.3 is 0 Å². The molecule has 0 heterocycles. The second-order valence-electron chi connectivity index (χ2n) is 9.51. The molecule has 0 aromatic heterocycles. The third kappa shape index (κ3) is 9.72. The van der Waals surface area contributed by atoms with Crippen LogP contribution in [0.2, 0.25) is 0 Å². The van der Waals surface area contributed by atoms with E-state index >= 15 is 0 Å². The van der Waals surface area contributed by atoms with Gasteiger partial charge in [0.15, 0.2) is 0 Å². The lowest BCUT2D eigenvalue weighted by Crippen LogP contribution is -2.31. The van der Waals surface area contributed by atoms with Crippen molar-refractivity contribution in [2.75, 3.05) is 12.4 Å². The number of para-hydroxylation sites is 1. The number of rotatable bonds is 16. The Balaban J connectivity index is 1.58. The number of nitrogens with one attached hydrogen (secondary N) is 2. The predicted octanol–water partition coefficient (Wildman–Crippen LogP) is 6.47. The third-order valence-corrected chi connectivity index (χ3v) is 7.77. The molecule has 0 saturated carbocycles. The molecule has 8 nitrogen and oxygen atoms in total. The van der Waals surface area contributed by atoms with Gasteiger partial charge in [0.2, 0.25) is 5.91 Å². The number of carbonyl (C=O) groups excluding carboxylic acids is 2. The van der Waals surface area contributed by atoms with Crippen LogP contribution in [-0.4, -0.2) is 27.3 Å². The molecule has 0 saturated heterocycles. The lowest BCUT2D eigenvalue weighted by molar-refractivity contribution is -0.119. The molecule has 0 aliphatic heterocycles. The van der Waals surface area contributed by atoms with E-state index in [1.54, 1.807) is 43.5 Å². The molecule has 2 N–H and O–H groups in total. The molecule has 0 atom stereocenters. The van der Waals surface area contributed by atoms with E-state index in [1.165, 1.54) is 31.4 Å². The monoisotopic (exact) mass is 566 g/mol. The molecule has 3 aromatic carbocycles. The van der Waals surface area contributed by atoms with Crippen molar-refractivity contribution < 1.29 is 27.5 Å². The predicted molar refractivity (Wildman–Crippen MR) is 156 cm³/mol. The summed E-state index contributed by atoms with van der Waals surface area (Å²) in [5, 5.41) is 2.66. The number of benzene rings is 3. The summed E-state index contributed by atoms with van der Waals surface area (Å²) < 4.78 is 39.1. The smallest absolute Gasteiger partial charge is 0.266 e. The molecule has 0 fully saturated rings. The zero-order valence-corrected chi connectivity index (χ0v) is 24.0. The Morgan fingerprint density at radius 1 is 0.800 bits per heavy atom. The van der Waals surface area contributed by atoms with Gasteiger partial charge < -0.3 is 14.8 Å². The summed E-state index contributed by atoms with van der Waals surface area (Å²) >= 11 is 0. The van der Waals surface area contributed by atoms with Crippen LogP contribution in [0.3, 0.4) is 0 Å². The van der Waals surface area contributed by atoms with Gasteiger partial charge in [0, 0.05) is 12.0 Å². The third-order valence-electron chi connectivity index (χ3n) is 6.34. The van der Waals surface area contributed by atoms with Crippen LogP contribution in [0, 0.1) is 0 Å². The van der Waals surface area contributed by atoms with Crippen LogP contribution >= 0.6 is 0 Å². The van der Waals surface area contributed by atoms with E-state index in [0.717, 1.165) is 30.6 Å². The first-order chi connectivity index (χ1) is 19.3. The summed E-state index contributed by atoms with van der Waals surface area (Å²) in [6.45, 7) is 2.46. The zero-order valence-electron chi connectivity index (χ0n) is 23.1. The normalized spacial score (nSPS) is 11.1. The van der Waals surface area contributed by atoms with Crippen molar-refractivity contribution in [3.63, 3.8) is 0 Å². The summed E-state index contributed by atoms with van der Waals surface area (Å²) in [6.07, 6.45) is 7.36. The first-order valence-corrected chi connectivity index (χ1v) is 15.1. The van der Waals surface area contributed by atoms with Gasteiger partial charge in [-0.05, 0) is 54.4 Å². The van der Waals surface area contributed by atoms with E-state index in [1.807, 2.05) is 24.3 Å². The van der Waals surface area contributed by atoms with Gasteiger partial charge in [-0.3, -0.25) is 9.59 Å². The molecule has 0 spiro atoms. The van der Waals surface area contributed by atoms with E-state index in [2.05, 4.69) is 17.0 Å². The SMILES string of the molecule is CCCCCCCCCC(=O)NS(=O)(=O)c1ccccc1NC(=O)c1cccc(OCc2ccc(OC)cc2)c1. The van der Waals surface area contributed by atoms with E-state index in [9.17, 15) is 18.0 Å². The summed E-state index contributed by atoms with van der Waals surface area (Å²) in [6, 6.07) is 20.1. The average molecular weight is 567 g/mol. The van der Waals surface area contributed by atoms with Gasteiger partial charge in [0.25, 0.3) is 15.9 Å². The number of ether oxygens (including phenoxy) is 2. The standard InChI is InChI=1S/C31H38N2O6S/c1-3-4-5-6-7-8-9-17-30(34)33-40(36,37)29-16-11-10-15-28(29)32-31(35)25-13-12-14-27(22-25)39-23-24-18-20-26(38-2)21-19-24/h10-16,18-22H,3-9,17,23H2,1-2H3,(H,32,35)(H,33,34). The van der Waals surface area contributed by atoms with Gasteiger partial charge in [-0.2, -0.15) is 0 Å². The molecule has 0 radical (unpaired) electrons. The minimum Gasteiger partial charge on any atom is -0.497 e. The Hall–Kier alpha value is -3.85. The van der Waals surface area contributed by atoms with Crippen molar-refractivity contribution in [3.05, 3.63) is 83.9 Å².